The van der Waals surface area contributed by atoms with Crippen molar-refractivity contribution < 1.29 is 26.4 Å². The smallest absolute Gasteiger partial charge is 0.230 e. The minimum Gasteiger partial charge on any atom is -0.388 e. The van der Waals surface area contributed by atoms with Crippen LogP contribution in [0.1, 0.15) is 64.2 Å². The van der Waals surface area contributed by atoms with Gasteiger partial charge in [0.25, 0.3) is 0 Å². The molecule has 0 fully saturated rings. The number of nitrogen functional groups attached to an aromatic ring is 1. The zero-order chi connectivity index (χ0) is 31.2. The second kappa shape index (κ2) is 10.2. The molecule has 0 saturated carbocycles. The van der Waals surface area contributed by atoms with Crippen LogP contribution in [0.5, 0.6) is 0 Å². The number of amides is 1. The highest BCUT2D eigenvalue weighted by molar-refractivity contribution is 7.13. The maximum atomic E-state index is 12.5. The summed E-state index contributed by atoms with van der Waals surface area (Å²) in [4.78, 5) is 16.4. The van der Waals surface area contributed by atoms with Crippen LogP contribution in [-0.2, 0) is 17.6 Å². The summed E-state index contributed by atoms with van der Waals surface area (Å²) in [5.74, 6) is -0.776. The molecule has 29 heavy (non-hydrogen) atoms. The second-order valence-corrected chi connectivity index (χ2v) is 6.88. The summed E-state index contributed by atoms with van der Waals surface area (Å²) in [7, 11) is 0. The fraction of sp³-hybridized carbons (Fsp3) is 0.304. The summed E-state index contributed by atoms with van der Waals surface area (Å²) < 4.78 is 98.2. The van der Waals surface area contributed by atoms with Gasteiger partial charge in [0.05, 0.1) is 31.9 Å². The first kappa shape index (κ1) is 10.4. The maximum Gasteiger partial charge on any atom is 0.230 e. The minimum atomic E-state index is -2.57. The van der Waals surface area contributed by atoms with Gasteiger partial charge >= 0.3 is 0 Å². The Morgan fingerprint density at radius 3 is 2.86 bits per heavy atom. The van der Waals surface area contributed by atoms with Crippen LogP contribution in [0.15, 0.2) is 53.7 Å². The van der Waals surface area contributed by atoms with Crippen molar-refractivity contribution in [3.8, 4) is 0 Å². The van der Waals surface area contributed by atoms with Gasteiger partial charge in [-0.25, -0.2) is 4.98 Å². The van der Waals surface area contributed by atoms with Crippen molar-refractivity contribution in [1.82, 2.24) is 4.98 Å². The highest BCUT2D eigenvalue weighted by Crippen LogP contribution is 2.21. The number of hydrogen-bond acceptors (Lipinski definition) is 5. The molecule has 5 nitrogen and oxygen atoms in total. The molecule has 3 rings (SSSR count). The Labute approximate surface area is 192 Å². The van der Waals surface area contributed by atoms with Gasteiger partial charge in [-0.15, -0.1) is 11.3 Å². The van der Waals surface area contributed by atoms with E-state index in [-0.39, 0.29) is 34.2 Å². The first-order valence-electron chi connectivity index (χ1n) is 14.7. The molecule has 0 aliphatic rings. The summed E-state index contributed by atoms with van der Waals surface area (Å²) >= 11 is 0.859. The van der Waals surface area contributed by atoms with E-state index in [0.717, 1.165) is 11.3 Å². The van der Waals surface area contributed by atoms with E-state index < -0.39 is 96.7 Å². The number of anilines is 2. The lowest BCUT2D eigenvalue weighted by molar-refractivity contribution is -0.115. The molecule has 6 heteroatoms. The SMILES string of the molecule is [2H]c1sc(N)nc1CC(=O)Nc1c([2H])c([2H])c(C([2H])([2H])CCC[C@]([2H])(O)c2c([2H])c([2H])c([2H])c(C)c2[2H])c([2H])c1[2H]. The number of benzene rings is 2. The van der Waals surface area contributed by atoms with Gasteiger partial charge in [0.2, 0.25) is 5.91 Å². The van der Waals surface area contributed by atoms with E-state index in [2.05, 4.69) is 10.3 Å². The zero-order valence-corrected chi connectivity index (χ0v) is 16.4. The summed E-state index contributed by atoms with van der Waals surface area (Å²) in [5.41, 5.74) is 4.05. The fourth-order valence-corrected chi connectivity index (χ4v) is 2.84. The maximum absolute atomic E-state index is 12.5. The van der Waals surface area contributed by atoms with Crippen LogP contribution in [0.2, 0.25) is 0 Å². The van der Waals surface area contributed by atoms with Crippen LogP contribution in [0.4, 0.5) is 10.8 Å². The Morgan fingerprint density at radius 2 is 2.14 bits per heavy atom. The van der Waals surface area contributed by atoms with Crippen LogP contribution in [0.25, 0.3) is 0 Å². The van der Waals surface area contributed by atoms with Crippen LogP contribution in [0, 0.1) is 6.92 Å². The molecule has 0 radical (unpaired) electrons. The predicted molar refractivity (Wildman–Crippen MR) is 119 cm³/mol. The number of rotatable bonds is 9. The number of nitrogens with zero attached hydrogens (tertiary/aromatic N) is 1. The molecule has 3 aromatic rings. The molecule has 4 N–H and O–H groups in total. The number of aliphatic hydroxyl groups is 1. The molecule has 1 aromatic heterocycles. The van der Waals surface area contributed by atoms with Gasteiger partial charge in [-0.3, -0.25) is 4.79 Å². The van der Waals surface area contributed by atoms with Gasteiger partial charge < -0.3 is 16.2 Å². The van der Waals surface area contributed by atoms with Gasteiger partial charge in [0.15, 0.2) is 5.13 Å². The molecule has 1 heterocycles. The monoisotopic (exact) mass is 421 g/mol. The molecular weight excluding hydrogens is 382 g/mol. The Bertz CT molecular complexity index is 1470. The molecule has 1 atom stereocenters. The lowest BCUT2D eigenvalue weighted by Crippen LogP contribution is -2.14. The molecule has 1 amide bonds. The average Bonchev–Trinajstić information content (AvgIpc) is 3.18. The van der Waals surface area contributed by atoms with Crippen LogP contribution in [-0.4, -0.2) is 16.0 Å². The molecule has 0 unspecified atom stereocenters. The Kier molecular flexibility index (Phi) is 3.64. The lowest BCUT2D eigenvalue weighted by atomic mass is 10.00. The molecule has 0 aliphatic carbocycles. The van der Waals surface area contributed by atoms with Crippen molar-refractivity contribution in [2.24, 2.45) is 0 Å². The molecule has 0 bridgehead atoms. The van der Waals surface area contributed by atoms with Crippen LogP contribution >= 0.6 is 11.3 Å². The Hall–Kier alpha value is -2.70. The molecule has 0 aliphatic heterocycles. The van der Waals surface area contributed by atoms with Crippen molar-refractivity contribution in [2.45, 2.75) is 45.1 Å². The molecule has 0 spiro atoms. The van der Waals surface area contributed by atoms with Crippen LogP contribution in [0.3, 0.4) is 0 Å². The number of nitrogens with one attached hydrogen (secondary N) is 1. The summed E-state index contributed by atoms with van der Waals surface area (Å²) in [5, 5.41) is 13.1. The Balaban J connectivity index is 1.83. The van der Waals surface area contributed by atoms with Gasteiger partial charge in [-0.05, 0) is 49.4 Å². The lowest BCUT2D eigenvalue weighted by Gasteiger charge is -2.11. The number of carbonyl (C=O) groups excluding carboxylic acids is 1. The van der Waals surface area contributed by atoms with E-state index in [9.17, 15) is 9.90 Å². The Morgan fingerprint density at radius 1 is 1.34 bits per heavy atom. The van der Waals surface area contributed by atoms with Gasteiger partial charge in [0, 0.05) is 13.8 Å². The summed E-state index contributed by atoms with van der Waals surface area (Å²) in [6.07, 6.45) is -6.66. The van der Waals surface area contributed by atoms with Gasteiger partial charge in [0.1, 0.15) is 0 Å². The fourth-order valence-electron chi connectivity index (χ4n) is 2.34. The number of nitrogens with two attached hydrogens (primary N) is 1. The highest BCUT2D eigenvalue weighted by atomic mass is 32.1. The van der Waals surface area contributed by atoms with Gasteiger partial charge in [-0.1, -0.05) is 48.2 Å². The predicted octanol–water partition coefficient (Wildman–Crippen LogP) is 4.66. The minimum absolute atomic E-state index is 0.00804. The zero-order valence-electron chi connectivity index (χ0n) is 27.6. The molecule has 152 valence electrons. The van der Waals surface area contributed by atoms with E-state index in [0.29, 0.717) is 0 Å². The average molecular weight is 422 g/mol. The van der Waals surface area contributed by atoms with Crippen molar-refractivity contribution in [3.63, 3.8) is 0 Å². The third-order valence-electron chi connectivity index (χ3n) is 3.67. The summed E-state index contributed by atoms with van der Waals surface area (Å²) in [6.45, 7) is 1.36. The molecular formula is C23H27N3O2S. The quantitative estimate of drug-likeness (QED) is 0.469. The number of carbonyl (C=O) groups is 1. The van der Waals surface area contributed by atoms with E-state index in [4.69, 9.17) is 22.2 Å². The van der Waals surface area contributed by atoms with Crippen molar-refractivity contribution in [2.75, 3.05) is 11.1 Å². The van der Waals surface area contributed by atoms with Crippen molar-refractivity contribution in [3.05, 3.63) is 76.1 Å². The van der Waals surface area contributed by atoms with Crippen LogP contribution < -0.4 is 11.1 Å². The largest absolute Gasteiger partial charge is 0.388 e. The highest BCUT2D eigenvalue weighted by Gasteiger charge is 2.08. The molecule has 2 aromatic carbocycles. The van der Waals surface area contributed by atoms with Crippen molar-refractivity contribution in [1.29, 1.82) is 0 Å². The van der Waals surface area contributed by atoms with E-state index in [1.165, 1.54) is 6.92 Å². The normalized spacial score (nSPS) is 19.4. The van der Waals surface area contributed by atoms with Crippen molar-refractivity contribution >= 4 is 28.1 Å². The number of hydrogen-bond donors (Lipinski definition) is 3. The van der Waals surface area contributed by atoms with E-state index >= 15 is 0 Å². The summed E-state index contributed by atoms with van der Waals surface area (Å²) in [6, 6.07) is -4.90. The third kappa shape index (κ3) is 6.69. The standard InChI is InChI=1S/C23H27N3O2S/c1-16-5-4-7-18(13-16)21(27)8-3-2-6-17-9-11-19(12-10-17)25-22(28)14-20-15-29-23(24)26-20/h4-5,7,9-13,15,21,27H,2-3,6,8,14H2,1H3,(H2,24,26)(H,25,28)/t21-/m0/s1/i4D,5D,6D2,7D,9D,10D,11D,12D,13D,15D,21D. The van der Waals surface area contributed by atoms with Gasteiger partial charge in [-0.2, -0.15) is 0 Å². The number of aromatic nitrogens is 1. The molecule has 0 saturated heterocycles. The van der Waals surface area contributed by atoms with E-state index in [1.54, 1.807) is 0 Å². The first-order valence-corrected chi connectivity index (χ1v) is 9.55. The topological polar surface area (TPSA) is 88.2 Å². The number of thiazole rings is 1. The van der Waals surface area contributed by atoms with E-state index in [1.807, 2.05) is 0 Å². The second-order valence-electron chi connectivity index (χ2n) is 6.05. The first-order chi connectivity index (χ1) is 18.8. The third-order valence-corrected chi connectivity index (χ3v) is 4.30.